The number of carbonyl (C=O) groups is 3. The lowest BCUT2D eigenvalue weighted by molar-refractivity contribution is -0.140. The van der Waals surface area contributed by atoms with Crippen LogP contribution in [0.15, 0.2) is 53.9 Å². The number of nitrogens with one attached hydrogen (secondary N) is 3. The zero-order valence-electron chi connectivity index (χ0n) is 36.2. The average Bonchev–Trinajstić information content (AvgIpc) is 3.68. The summed E-state index contributed by atoms with van der Waals surface area (Å²) in [4.78, 5) is 65.6. The Bertz CT molecular complexity index is 2510. The minimum Gasteiger partial charge on any atom is -0.495 e. The van der Waals surface area contributed by atoms with E-state index >= 15 is 0 Å². The summed E-state index contributed by atoms with van der Waals surface area (Å²) in [5.74, 6) is -3.26. The molecule has 20 heteroatoms. The molecule has 348 valence electrons. The maximum atomic E-state index is 14.9. The SMILES string of the molecule is COc1ccc2c(O[C@@H]3C[C@H]4C(=O)N[C@]5(P(=O)(O)Cc6c(F)cccc6F)C[C@H]5CCOCC=CC[C@H](NC(=O)OC5CCCC5)C(=O)N4C3)cc(-c3csc(NC(C)C)n3)nc2c1Cl. The fraction of sp³-hybridized carbons (Fsp3) is 0.489. The lowest BCUT2D eigenvalue weighted by atomic mass is 10.1. The summed E-state index contributed by atoms with van der Waals surface area (Å²) in [6, 6.07) is 5.95. The van der Waals surface area contributed by atoms with E-state index < -0.39 is 78.0 Å². The van der Waals surface area contributed by atoms with Gasteiger partial charge in [-0.1, -0.05) is 29.8 Å². The van der Waals surface area contributed by atoms with Crippen LogP contribution in [0.25, 0.3) is 22.3 Å². The molecule has 4 aromatic rings. The normalized spacial score (nSPS) is 25.0. The van der Waals surface area contributed by atoms with Crippen molar-refractivity contribution >= 4 is 64.2 Å². The summed E-state index contributed by atoms with van der Waals surface area (Å²) >= 11 is 8.25. The Balaban J connectivity index is 1.15. The van der Waals surface area contributed by atoms with Crippen LogP contribution in [-0.4, -0.2) is 100 Å². The van der Waals surface area contributed by atoms with E-state index in [-0.39, 0.29) is 62.6 Å². The molecule has 2 aromatic heterocycles. The molecule has 0 bridgehead atoms. The van der Waals surface area contributed by atoms with Crippen molar-refractivity contribution in [1.29, 1.82) is 0 Å². The number of ether oxygens (including phenoxy) is 4. The first-order valence-corrected chi connectivity index (χ1v) is 24.9. The molecule has 4 heterocycles. The molecule has 6 atom stereocenters. The predicted molar refractivity (Wildman–Crippen MR) is 241 cm³/mol. The Labute approximate surface area is 384 Å². The summed E-state index contributed by atoms with van der Waals surface area (Å²) in [6.45, 7) is 4.13. The van der Waals surface area contributed by atoms with Gasteiger partial charge < -0.3 is 44.7 Å². The highest BCUT2D eigenvalue weighted by atomic mass is 35.5. The van der Waals surface area contributed by atoms with E-state index in [9.17, 15) is 32.6 Å². The molecule has 15 nitrogen and oxygen atoms in total. The molecule has 65 heavy (non-hydrogen) atoms. The fourth-order valence-corrected chi connectivity index (χ4v) is 12.6. The van der Waals surface area contributed by atoms with Crippen molar-refractivity contribution in [1.82, 2.24) is 25.5 Å². The van der Waals surface area contributed by atoms with Crippen LogP contribution in [0.3, 0.4) is 0 Å². The number of nitrogens with zero attached hydrogens (tertiary/aromatic N) is 3. The van der Waals surface area contributed by atoms with Gasteiger partial charge in [-0.3, -0.25) is 14.2 Å². The first kappa shape index (κ1) is 46.7. The van der Waals surface area contributed by atoms with Gasteiger partial charge in [0.2, 0.25) is 19.2 Å². The van der Waals surface area contributed by atoms with Crippen LogP contribution in [0.1, 0.15) is 70.8 Å². The number of methoxy groups -OCH3 is 1. The zero-order chi connectivity index (χ0) is 46.0. The van der Waals surface area contributed by atoms with Crippen LogP contribution in [0.2, 0.25) is 5.02 Å². The topological polar surface area (TPSA) is 191 Å². The Morgan fingerprint density at radius 3 is 2.60 bits per heavy atom. The lowest BCUT2D eigenvalue weighted by Crippen LogP contribution is -2.55. The average molecular weight is 957 g/mol. The Morgan fingerprint density at radius 2 is 1.86 bits per heavy atom. The number of thiazole rings is 1. The van der Waals surface area contributed by atoms with E-state index in [0.29, 0.717) is 51.8 Å². The van der Waals surface area contributed by atoms with Crippen molar-refractivity contribution in [2.24, 2.45) is 5.92 Å². The Hall–Kier alpha value is -4.87. The number of fused-ring (bicyclic) bond motifs is 3. The molecule has 3 fully saturated rings. The number of anilines is 1. The first-order chi connectivity index (χ1) is 31.2. The molecule has 1 saturated heterocycles. The summed E-state index contributed by atoms with van der Waals surface area (Å²) in [5, 5.41) is 10.3. The van der Waals surface area contributed by atoms with Gasteiger partial charge in [0.1, 0.15) is 63.4 Å². The van der Waals surface area contributed by atoms with E-state index in [2.05, 4.69) is 16.0 Å². The number of hydrogen-bond donors (Lipinski definition) is 4. The molecule has 4 aliphatic rings. The first-order valence-electron chi connectivity index (χ1n) is 21.8. The van der Waals surface area contributed by atoms with Crippen LogP contribution in [0.5, 0.6) is 11.5 Å². The number of hydrogen-bond acceptors (Lipinski definition) is 12. The monoisotopic (exact) mass is 956 g/mol. The van der Waals surface area contributed by atoms with Crippen molar-refractivity contribution < 1.29 is 51.6 Å². The smallest absolute Gasteiger partial charge is 0.408 e. The molecule has 4 N–H and O–H groups in total. The van der Waals surface area contributed by atoms with Gasteiger partial charge in [-0.15, -0.1) is 11.3 Å². The number of amides is 3. The molecule has 2 aromatic carbocycles. The minimum atomic E-state index is -4.63. The molecule has 3 amide bonds. The van der Waals surface area contributed by atoms with Gasteiger partial charge in [0, 0.05) is 41.5 Å². The van der Waals surface area contributed by atoms with Gasteiger partial charge in [0.25, 0.3) is 0 Å². The van der Waals surface area contributed by atoms with E-state index in [1.165, 1.54) is 23.3 Å². The maximum absolute atomic E-state index is 14.9. The van der Waals surface area contributed by atoms with Crippen molar-refractivity contribution in [3.63, 3.8) is 0 Å². The quantitative estimate of drug-likeness (QED) is 0.0835. The van der Waals surface area contributed by atoms with Crippen molar-refractivity contribution in [3.8, 4) is 22.9 Å². The summed E-state index contributed by atoms with van der Waals surface area (Å²) in [7, 11) is -3.14. The van der Waals surface area contributed by atoms with E-state index in [1.807, 2.05) is 19.2 Å². The number of halogens is 3. The van der Waals surface area contributed by atoms with Gasteiger partial charge in [-0.25, -0.2) is 23.5 Å². The molecule has 2 aliphatic heterocycles. The highest BCUT2D eigenvalue weighted by Gasteiger charge is 2.66. The van der Waals surface area contributed by atoms with Crippen LogP contribution in [-0.2, 0) is 29.8 Å². The number of carbonyl (C=O) groups excluding carboxylic acids is 3. The van der Waals surface area contributed by atoms with Gasteiger partial charge in [0.05, 0.1) is 37.6 Å². The van der Waals surface area contributed by atoms with Gasteiger partial charge in [0.15, 0.2) is 5.13 Å². The predicted octanol–water partition coefficient (Wildman–Crippen LogP) is 8.17. The summed E-state index contributed by atoms with van der Waals surface area (Å²) in [5.41, 5.74) is 0.771. The van der Waals surface area contributed by atoms with E-state index in [4.69, 9.17) is 40.5 Å². The fourth-order valence-electron chi connectivity index (χ4n) is 8.95. The second-order valence-electron chi connectivity index (χ2n) is 17.3. The summed E-state index contributed by atoms with van der Waals surface area (Å²) < 4.78 is 68.1. The van der Waals surface area contributed by atoms with Crippen LogP contribution >= 0.6 is 30.3 Å². The van der Waals surface area contributed by atoms with Crippen molar-refractivity contribution in [2.45, 2.75) is 107 Å². The molecule has 8 rings (SSSR count). The van der Waals surface area contributed by atoms with Gasteiger partial charge >= 0.3 is 6.09 Å². The van der Waals surface area contributed by atoms with Crippen molar-refractivity contribution in [3.05, 3.63) is 76.2 Å². The number of benzene rings is 2. The second kappa shape index (κ2) is 19.5. The standard InChI is InChI=1S/C45H52ClF2N6O9PS/c1-25(2)49-43-51-35(24-65-43)34-20-38(29-14-15-37(60-3)39(46)40(29)50-34)62-28-19-36-41(55)53-45(64(58,59)23-30-31(47)11-8-12-32(30)48)21-26(45)16-18-61-17-7-6-13-33(42(56)54(36)22-28)52-44(57)63-27-9-4-5-10-27/h6-8,11-12,14-15,20,24-28,33,36H,4-5,9-10,13,16-19,21-23H2,1-3H3,(H,49,51)(H,52,57)(H,53,55)(H,58,59)/t26-,28-,33+,36+,45+/m1/s1. The van der Waals surface area contributed by atoms with Crippen LogP contribution in [0, 0.1) is 17.6 Å². The third kappa shape index (κ3) is 10.1. The Kier molecular flexibility index (Phi) is 14.0. The third-order valence-corrected chi connectivity index (χ3v) is 16.2. The second-order valence-corrected chi connectivity index (χ2v) is 21.0. The molecule has 0 radical (unpaired) electrons. The number of aromatic nitrogens is 2. The molecule has 2 aliphatic carbocycles. The van der Waals surface area contributed by atoms with Crippen molar-refractivity contribution in [2.75, 3.05) is 32.2 Å². The zero-order valence-corrected chi connectivity index (χ0v) is 38.7. The maximum Gasteiger partial charge on any atom is 0.408 e. The minimum absolute atomic E-state index is 0.0284. The molecular formula is C45H52ClF2N6O9PS. The summed E-state index contributed by atoms with van der Waals surface area (Å²) in [6.07, 6.45) is 4.10. The molecule has 0 spiro atoms. The highest BCUT2D eigenvalue weighted by Crippen LogP contribution is 2.71. The van der Waals surface area contributed by atoms with E-state index in [0.717, 1.165) is 31.0 Å². The third-order valence-electron chi connectivity index (χ3n) is 12.4. The molecule has 2 saturated carbocycles. The van der Waals surface area contributed by atoms with Gasteiger partial charge in [-0.05, 0) is 89.0 Å². The number of rotatable bonds is 11. The van der Waals surface area contributed by atoms with Crippen LogP contribution < -0.4 is 25.4 Å². The van der Waals surface area contributed by atoms with E-state index in [1.54, 1.807) is 30.4 Å². The molecule has 1 unspecified atom stereocenters. The molecular weight excluding hydrogens is 905 g/mol. The number of alkyl carbamates (subject to hydrolysis) is 1. The largest absolute Gasteiger partial charge is 0.495 e. The lowest BCUT2D eigenvalue weighted by Gasteiger charge is -2.31. The van der Waals surface area contributed by atoms with Crippen LogP contribution in [0.4, 0.5) is 18.7 Å². The number of pyridine rings is 1. The van der Waals surface area contributed by atoms with Gasteiger partial charge in [-0.2, -0.15) is 0 Å². The Morgan fingerprint density at radius 1 is 1.09 bits per heavy atom. The highest BCUT2D eigenvalue weighted by molar-refractivity contribution is 7.59.